The Balaban J connectivity index is 1.69. The molecule has 2 heterocycles. The number of nitrogens with one attached hydrogen (secondary N) is 2. The van der Waals surface area contributed by atoms with Gasteiger partial charge in [-0.15, -0.1) is 11.3 Å². The van der Waals surface area contributed by atoms with Crippen LogP contribution in [-0.4, -0.2) is 61.8 Å². The van der Waals surface area contributed by atoms with Gasteiger partial charge in [-0.2, -0.15) is 13.2 Å². The third-order valence-corrected chi connectivity index (χ3v) is 5.59. The summed E-state index contributed by atoms with van der Waals surface area (Å²) in [5, 5.41) is 6.79. The third-order valence-electron chi connectivity index (χ3n) is 4.57. The molecule has 2 amide bonds. The lowest BCUT2D eigenvalue weighted by Gasteiger charge is -2.32. The molecule has 10 heteroatoms. The quantitative estimate of drug-likeness (QED) is 0.675. The summed E-state index contributed by atoms with van der Waals surface area (Å²) in [5.74, 6) is -1.80. The lowest BCUT2D eigenvalue weighted by molar-refractivity contribution is -0.213. The second-order valence-electron chi connectivity index (χ2n) is 6.46. The Labute approximate surface area is 160 Å². The molecular formula is C17H24F3N3O3S. The highest BCUT2D eigenvalue weighted by molar-refractivity contribution is 7.10. The van der Waals surface area contributed by atoms with E-state index in [4.69, 9.17) is 0 Å². The van der Waals surface area contributed by atoms with Gasteiger partial charge < -0.3 is 15.4 Å². The molecule has 1 aliphatic rings. The van der Waals surface area contributed by atoms with Crippen LogP contribution in [0.2, 0.25) is 0 Å². The van der Waals surface area contributed by atoms with E-state index in [1.54, 1.807) is 11.3 Å². The number of methoxy groups -OCH3 is 1. The monoisotopic (exact) mass is 407 g/mol. The first-order valence-corrected chi connectivity index (χ1v) is 9.55. The topological polar surface area (TPSA) is 70.7 Å². The Morgan fingerprint density at radius 1 is 1.33 bits per heavy atom. The standard InChI is InChI=1S/C17H24F3N3O3S/c1-11(23-7-4-13-12(10-23)5-8-27-13)9-22-16(25)15(24)21-6-3-14(26-2)17(18,19)20/h5,8,11,14H,3-4,6-7,9-10H2,1-2H3,(H,21,24)(H,22,25). The maximum Gasteiger partial charge on any atom is 0.414 e. The minimum absolute atomic E-state index is 0.0397. The van der Waals surface area contributed by atoms with E-state index < -0.39 is 30.5 Å². The zero-order valence-corrected chi connectivity index (χ0v) is 16.1. The van der Waals surface area contributed by atoms with Crippen LogP contribution >= 0.6 is 11.3 Å². The second-order valence-corrected chi connectivity index (χ2v) is 7.46. The number of thiophene rings is 1. The molecule has 152 valence electrons. The Morgan fingerprint density at radius 3 is 2.70 bits per heavy atom. The number of amides is 2. The molecule has 1 aromatic rings. The average Bonchev–Trinajstić information content (AvgIpc) is 3.09. The zero-order chi connectivity index (χ0) is 20.0. The van der Waals surface area contributed by atoms with Crippen molar-refractivity contribution in [3.05, 3.63) is 21.9 Å². The van der Waals surface area contributed by atoms with E-state index >= 15 is 0 Å². The molecule has 0 aromatic carbocycles. The number of alkyl halides is 3. The van der Waals surface area contributed by atoms with Gasteiger partial charge in [0, 0.05) is 44.2 Å². The maximum absolute atomic E-state index is 12.5. The zero-order valence-electron chi connectivity index (χ0n) is 15.3. The predicted molar refractivity (Wildman–Crippen MR) is 95.4 cm³/mol. The molecule has 2 unspecified atom stereocenters. The molecule has 2 N–H and O–H groups in total. The van der Waals surface area contributed by atoms with Gasteiger partial charge in [-0.25, -0.2) is 0 Å². The van der Waals surface area contributed by atoms with Crippen LogP contribution in [0.4, 0.5) is 13.2 Å². The number of rotatable bonds is 7. The summed E-state index contributed by atoms with van der Waals surface area (Å²) < 4.78 is 42.0. The fourth-order valence-electron chi connectivity index (χ4n) is 2.91. The fourth-order valence-corrected chi connectivity index (χ4v) is 3.80. The minimum Gasteiger partial charge on any atom is -0.372 e. The Bertz CT molecular complexity index is 651. The Kier molecular flexibility index (Phi) is 7.63. The SMILES string of the molecule is COC(CCNC(=O)C(=O)NCC(C)N1CCc2sccc2C1)C(F)(F)F. The summed E-state index contributed by atoms with van der Waals surface area (Å²) >= 11 is 1.75. The van der Waals surface area contributed by atoms with Crippen molar-refractivity contribution in [3.8, 4) is 0 Å². The lowest BCUT2D eigenvalue weighted by atomic mass is 10.1. The first-order valence-electron chi connectivity index (χ1n) is 8.67. The van der Waals surface area contributed by atoms with E-state index in [-0.39, 0.29) is 19.1 Å². The van der Waals surface area contributed by atoms with Crippen LogP contribution in [0.5, 0.6) is 0 Å². The lowest BCUT2D eigenvalue weighted by Crippen LogP contribution is -2.48. The van der Waals surface area contributed by atoms with Crippen molar-refractivity contribution < 1.29 is 27.5 Å². The van der Waals surface area contributed by atoms with Crippen LogP contribution in [0.15, 0.2) is 11.4 Å². The molecular weight excluding hydrogens is 383 g/mol. The van der Waals surface area contributed by atoms with Gasteiger partial charge in [0.1, 0.15) is 0 Å². The summed E-state index contributed by atoms with van der Waals surface area (Å²) in [5.41, 5.74) is 1.29. The molecule has 2 rings (SSSR count). The van der Waals surface area contributed by atoms with Gasteiger partial charge >= 0.3 is 18.0 Å². The molecule has 27 heavy (non-hydrogen) atoms. The highest BCUT2D eigenvalue weighted by Gasteiger charge is 2.39. The van der Waals surface area contributed by atoms with E-state index in [0.717, 1.165) is 26.6 Å². The molecule has 6 nitrogen and oxygen atoms in total. The largest absolute Gasteiger partial charge is 0.414 e. The first-order chi connectivity index (χ1) is 12.7. The molecule has 0 radical (unpaired) electrons. The van der Waals surface area contributed by atoms with Crippen molar-refractivity contribution in [2.45, 2.75) is 44.6 Å². The fraction of sp³-hybridized carbons (Fsp3) is 0.647. The molecule has 0 bridgehead atoms. The number of hydrogen-bond acceptors (Lipinski definition) is 5. The second kappa shape index (κ2) is 9.52. The first kappa shape index (κ1) is 21.6. The van der Waals surface area contributed by atoms with E-state index in [1.807, 2.05) is 6.92 Å². The Hall–Kier alpha value is -1.65. The maximum atomic E-state index is 12.5. The highest BCUT2D eigenvalue weighted by atomic mass is 32.1. The summed E-state index contributed by atoms with van der Waals surface area (Å²) in [4.78, 5) is 27.2. The molecule has 0 saturated heterocycles. The number of carbonyl (C=O) groups excluding carboxylic acids is 2. The van der Waals surface area contributed by atoms with Crippen molar-refractivity contribution >= 4 is 23.2 Å². The third kappa shape index (κ3) is 6.18. The molecule has 1 aromatic heterocycles. The van der Waals surface area contributed by atoms with E-state index in [9.17, 15) is 22.8 Å². The molecule has 0 aliphatic carbocycles. The number of carbonyl (C=O) groups is 2. The van der Waals surface area contributed by atoms with Gasteiger partial charge in [0.2, 0.25) is 0 Å². The van der Waals surface area contributed by atoms with Crippen LogP contribution in [-0.2, 0) is 27.3 Å². The minimum atomic E-state index is -4.51. The van der Waals surface area contributed by atoms with Gasteiger partial charge in [-0.05, 0) is 36.8 Å². The van der Waals surface area contributed by atoms with Crippen molar-refractivity contribution in [1.29, 1.82) is 0 Å². The van der Waals surface area contributed by atoms with Crippen molar-refractivity contribution in [3.63, 3.8) is 0 Å². The van der Waals surface area contributed by atoms with Gasteiger partial charge in [-0.3, -0.25) is 14.5 Å². The van der Waals surface area contributed by atoms with Gasteiger partial charge in [0.25, 0.3) is 0 Å². The summed E-state index contributed by atoms with van der Waals surface area (Å²) in [6.45, 7) is 3.63. The number of hydrogen-bond donors (Lipinski definition) is 2. The number of nitrogens with zero attached hydrogens (tertiary/aromatic N) is 1. The van der Waals surface area contributed by atoms with E-state index in [0.29, 0.717) is 0 Å². The van der Waals surface area contributed by atoms with Crippen LogP contribution in [0.25, 0.3) is 0 Å². The summed E-state index contributed by atoms with van der Waals surface area (Å²) in [6.07, 6.45) is -5.96. The highest BCUT2D eigenvalue weighted by Crippen LogP contribution is 2.25. The van der Waals surface area contributed by atoms with Gasteiger partial charge in [0.15, 0.2) is 6.10 Å². The number of halogens is 3. The molecule has 0 saturated carbocycles. The van der Waals surface area contributed by atoms with Crippen LogP contribution in [0, 0.1) is 0 Å². The van der Waals surface area contributed by atoms with E-state index in [2.05, 4.69) is 31.7 Å². The molecule has 1 aliphatic heterocycles. The predicted octanol–water partition coefficient (Wildman–Crippen LogP) is 1.69. The van der Waals surface area contributed by atoms with Gasteiger partial charge in [-0.1, -0.05) is 0 Å². The normalized spacial score (nSPS) is 17.1. The van der Waals surface area contributed by atoms with Crippen molar-refractivity contribution in [1.82, 2.24) is 15.5 Å². The molecule has 2 atom stereocenters. The molecule has 0 fully saturated rings. The average molecular weight is 407 g/mol. The summed E-state index contributed by atoms with van der Waals surface area (Å²) in [7, 11) is 0.952. The number of fused-ring (bicyclic) bond motifs is 1. The van der Waals surface area contributed by atoms with Crippen molar-refractivity contribution in [2.75, 3.05) is 26.7 Å². The smallest absolute Gasteiger partial charge is 0.372 e. The Morgan fingerprint density at radius 2 is 2.04 bits per heavy atom. The van der Waals surface area contributed by atoms with Crippen LogP contribution in [0.1, 0.15) is 23.8 Å². The van der Waals surface area contributed by atoms with Gasteiger partial charge in [0.05, 0.1) is 0 Å². The summed E-state index contributed by atoms with van der Waals surface area (Å²) in [6, 6.07) is 2.14. The molecule has 0 spiro atoms. The van der Waals surface area contributed by atoms with E-state index in [1.165, 1.54) is 10.4 Å². The van der Waals surface area contributed by atoms with Crippen LogP contribution < -0.4 is 10.6 Å². The van der Waals surface area contributed by atoms with Crippen LogP contribution in [0.3, 0.4) is 0 Å². The van der Waals surface area contributed by atoms with Crippen molar-refractivity contribution in [2.24, 2.45) is 0 Å². The number of ether oxygens (including phenoxy) is 1.